The molecule has 0 aliphatic rings. The molecule has 0 heterocycles. The molecule has 0 radical (unpaired) electrons. The molecule has 0 aromatic carbocycles. The van der Waals surface area contributed by atoms with Gasteiger partial charge in [-0.3, -0.25) is 9.59 Å². The number of hydrogen-bond acceptors (Lipinski definition) is 8. The van der Waals surface area contributed by atoms with Gasteiger partial charge in [0, 0.05) is 12.8 Å². The van der Waals surface area contributed by atoms with Gasteiger partial charge in [0.25, 0.3) is 0 Å². The normalized spacial score (nSPS) is 12.6. The summed E-state index contributed by atoms with van der Waals surface area (Å²) in [5.41, 5.74) is 0. The number of quaternary nitrogens is 1. The molecule has 0 aromatic rings. The molecule has 2 atom stereocenters. The maximum atomic E-state index is 13.0. The van der Waals surface area contributed by atoms with Crippen molar-refractivity contribution in [2.75, 3.05) is 47.5 Å². The van der Waals surface area contributed by atoms with Crippen molar-refractivity contribution in [3.8, 4) is 0 Å². The van der Waals surface area contributed by atoms with Gasteiger partial charge < -0.3 is 33.3 Å². The molecule has 0 saturated carbocycles. The summed E-state index contributed by atoms with van der Waals surface area (Å²) in [4.78, 5) is 37.6. The van der Waals surface area contributed by atoms with Crippen molar-refractivity contribution >= 4 is 17.9 Å². The quantitative estimate of drug-likeness (QED) is 0.0195. The van der Waals surface area contributed by atoms with Crippen LogP contribution in [0.5, 0.6) is 0 Å². The monoisotopic (exact) mass is 1300 g/mol. The second-order valence-corrected chi connectivity index (χ2v) is 29.8. The minimum Gasteiger partial charge on any atom is -0.545 e. The smallest absolute Gasteiger partial charge is 0.306 e. The standard InChI is InChI=1S/C83H161NO8/c1-6-8-10-12-14-16-18-20-22-24-26-28-30-32-34-35-36-37-38-39-40-41-42-43-44-45-46-47-48-50-52-54-56-58-60-62-64-66-68-70-72-74-81(86)92-79(78-91-83(82(87)88)89-76-75-84(3,4)5)77-90-80(85)73-71-69-67-65-63-61-59-57-55-53-51-49-33-31-29-27-25-23-21-19-17-15-13-11-9-7-2/h24,26,79,83H,6-23,25,27-78H2,1-5H3/b26-24-. The molecular formula is C83H161NO8. The van der Waals surface area contributed by atoms with Gasteiger partial charge in [0.1, 0.15) is 13.2 Å². The molecule has 0 fully saturated rings. The first-order valence-electron chi connectivity index (χ1n) is 41.3. The van der Waals surface area contributed by atoms with Crippen LogP contribution in [0.4, 0.5) is 0 Å². The SMILES string of the molecule is CCCCCCCCCC/C=C\CCCCCCCCCCCCCCCCCCCCCCCCCCCCCCCC(=O)OC(COC(=O)CCCCCCCCCCCCCCCCCCCCCCCCCCCC)COC(OCC[N+](C)(C)C)C(=O)[O-]. The predicted octanol–water partition coefficient (Wildman–Crippen LogP) is 25.0. The van der Waals surface area contributed by atoms with Crippen LogP contribution < -0.4 is 5.11 Å². The van der Waals surface area contributed by atoms with Crippen LogP contribution in [0.3, 0.4) is 0 Å². The number of carboxylic acids is 1. The number of rotatable bonds is 79. The van der Waals surface area contributed by atoms with Crippen LogP contribution in [0.25, 0.3) is 0 Å². The Morgan fingerprint density at radius 2 is 0.554 bits per heavy atom. The Morgan fingerprint density at radius 1 is 0.315 bits per heavy atom. The zero-order chi connectivity index (χ0) is 66.8. The van der Waals surface area contributed by atoms with Crippen LogP contribution in [0, 0.1) is 0 Å². The summed E-state index contributed by atoms with van der Waals surface area (Å²) >= 11 is 0. The molecule has 0 spiro atoms. The van der Waals surface area contributed by atoms with Gasteiger partial charge in [-0.1, -0.05) is 405 Å². The third-order valence-corrected chi connectivity index (χ3v) is 19.3. The van der Waals surface area contributed by atoms with Crippen molar-refractivity contribution in [1.82, 2.24) is 0 Å². The molecule has 0 saturated heterocycles. The summed E-state index contributed by atoms with van der Waals surface area (Å²) in [6.07, 6.45) is 90.8. The molecule has 9 heteroatoms. The first kappa shape index (κ1) is 90.0. The minimum atomic E-state index is -1.62. The van der Waals surface area contributed by atoms with E-state index in [0.29, 0.717) is 17.4 Å². The van der Waals surface area contributed by atoms with Crippen LogP contribution in [-0.2, 0) is 33.3 Å². The van der Waals surface area contributed by atoms with Crippen molar-refractivity contribution in [2.24, 2.45) is 0 Å². The Bertz CT molecular complexity index is 1510. The second kappa shape index (κ2) is 74.8. The highest BCUT2D eigenvalue weighted by Crippen LogP contribution is 2.21. The zero-order valence-corrected chi connectivity index (χ0v) is 62.7. The zero-order valence-electron chi connectivity index (χ0n) is 62.7. The number of likely N-dealkylation sites (N-methyl/N-ethyl adjacent to an activating group) is 1. The fourth-order valence-corrected chi connectivity index (χ4v) is 13.0. The topological polar surface area (TPSA) is 111 Å². The van der Waals surface area contributed by atoms with Crippen molar-refractivity contribution in [2.45, 2.75) is 456 Å². The average Bonchev–Trinajstić information content (AvgIpc) is 3.70. The number of aliphatic carboxylic acids is 1. The minimum absolute atomic E-state index is 0.153. The van der Waals surface area contributed by atoms with Crippen LogP contribution in [0.15, 0.2) is 12.2 Å². The van der Waals surface area contributed by atoms with Crippen LogP contribution in [-0.4, -0.2) is 82.3 Å². The fraction of sp³-hybridized carbons (Fsp3) is 0.940. The average molecular weight is 1300 g/mol. The summed E-state index contributed by atoms with van der Waals surface area (Å²) in [5, 5.41) is 11.9. The predicted molar refractivity (Wildman–Crippen MR) is 394 cm³/mol. The van der Waals surface area contributed by atoms with E-state index in [0.717, 1.165) is 38.5 Å². The van der Waals surface area contributed by atoms with Crippen LogP contribution >= 0.6 is 0 Å². The van der Waals surface area contributed by atoms with E-state index in [-0.39, 0.29) is 32.2 Å². The van der Waals surface area contributed by atoms with Gasteiger partial charge >= 0.3 is 11.9 Å². The molecule has 0 N–H and O–H groups in total. The molecular weight excluding hydrogens is 1140 g/mol. The van der Waals surface area contributed by atoms with Gasteiger partial charge in [-0.15, -0.1) is 0 Å². The highest BCUT2D eigenvalue weighted by Gasteiger charge is 2.22. The fourth-order valence-electron chi connectivity index (χ4n) is 13.0. The summed E-state index contributed by atoms with van der Waals surface area (Å²) in [6.45, 7) is 4.85. The van der Waals surface area contributed by atoms with E-state index >= 15 is 0 Å². The number of carboxylic acid groups (broad SMARTS) is 1. The summed E-state index contributed by atoms with van der Waals surface area (Å²) in [5.74, 6) is -2.24. The van der Waals surface area contributed by atoms with Gasteiger partial charge in [0.15, 0.2) is 12.4 Å². The highest BCUT2D eigenvalue weighted by molar-refractivity contribution is 5.70. The van der Waals surface area contributed by atoms with E-state index in [4.69, 9.17) is 18.9 Å². The Morgan fingerprint density at radius 3 is 0.804 bits per heavy atom. The van der Waals surface area contributed by atoms with E-state index in [9.17, 15) is 19.5 Å². The molecule has 9 nitrogen and oxygen atoms in total. The van der Waals surface area contributed by atoms with E-state index in [1.165, 1.54) is 379 Å². The Balaban J connectivity index is 3.90. The lowest BCUT2D eigenvalue weighted by atomic mass is 10.0. The third kappa shape index (κ3) is 75.4. The van der Waals surface area contributed by atoms with Crippen molar-refractivity contribution in [3.05, 3.63) is 12.2 Å². The van der Waals surface area contributed by atoms with Gasteiger partial charge in [-0.05, 0) is 38.5 Å². The molecule has 0 bridgehead atoms. The van der Waals surface area contributed by atoms with E-state index in [2.05, 4.69) is 26.0 Å². The van der Waals surface area contributed by atoms with Gasteiger partial charge in [0.2, 0.25) is 0 Å². The van der Waals surface area contributed by atoms with Gasteiger partial charge in [-0.2, -0.15) is 0 Å². The first-order valence-corrected chi connectivity index (χ1v) is 41.3. The lowest BCUT2D eigenvalue weighted by Gasteiger charge is -2.26. The summed E-state index contributed by atoms with van der Waals surface area (Å²) in [7, 11) is 5.96. The molecule has 0 aliphatic heterocycles. The number of esters is 2. The van der Waals surface area contributed by atoms with Crippen LogP contribution in [0.2, 0.25) is 0 Å². The van der Waals surface area contributed by atoms with Gasteiger partial charge in [0.05, 0.1) is 40.3 Å². The molecule has 92 heavy (non-hydrogen) atoms. The number of allylic oxidation sites excluding steroid dienone is 2. The number of carbonyl (C=O) groups excluding carboxylic acids is 3. The molecule has 0 amide bonds. The highest BCUT2D eigenvalue weighted by atomic mass is 16.7. The number of unbranched alkanes of at least 4 members (excludes halogenated alkanes) is 62. The maximum absolute atomic E-state index is 13.0. The van der Waals surface area contributed by atoms with Crippen molar-refractivity contribution < 1.29 is 42.9 Å². The molecule has 0 rings (SSSR count). The second-order valence-electron chi connectivity index (χ2n) is 29.8. The third-order valence-electron chi connectivity index (χ3n) is 19.3. The Hall–Kier alpha value is -1.97. The number of nitrogens with zero attached hydrogens (tertiary/aromatic N) is 1. The lowest BCUT2D eigenvalue weighted by molar-refractivity contribution is -0.870. The largest absolute Gasteiger partial charge is 0.545 e. The van der Waals surface area contributed by atoms with E-state index < -0.39 is 24.3 Å². The Kier molecular flexibility index (Phi) is 73.2. The van der Waals surface area contributed by atoms with Gasteiger partial charge in [-0.25, -0.2) is 0 Å². The van der Waals surface area contributed by atoms with Crippen molar-refractivity contribution in [1.29, 1.82) is 0 Å². The number of carbonyl (C=O) groups is 3. The van der Waals surface area contributed by atoms with Crippen LogP contribution in [0.1, 0.15) is 444 Å². The van der Waals surface area contributed by atoms with Crippen molar-refractivity contribution in [3.63, 3.8) is 0 Å². The molecule has 546 valence electrons. The van der Waals surface area contributed by atoms with E-state index in [1.54, 1.807) is 0 Å². The first-order chi connectivity index (χ1) is 45.1. The van der Waals surface area contributed by atoms with E-state index in [1.807, 2.05) is 21.1 Å². The Labute approximate surface area is 574 Å². The summed E-state index contributed by atoms with van der Waals surface area (Å²) < 4.78 is 22.9. The maximum Gasteiger partial charge on any atom is 0.306 e. The summed E-state index contributed by atoms with van der Waals surface area (Å²) in [6, 6.07) is 0. The molecule has 2 unspecified atom stereocenters. The number of ether oxygens (including phenoxy) is 4. The molecule has 0 aromatic heterocycles. The lowest BCUT2D eigenvalue weighted by Crippen LogP contribution is -2.44. The molecule has 0 aliphatic carbocycles. The number of hydrogen-bond donors (Lipinski definition) is 0.